The largest absolute Gasteiger partial charge is 0.294 e. The highest BCUT2D eigenvalue weighted by atomic mass is 16.1. The number of rotatable bonds is 3. The number of hydrogen-bond acceptors (Lipinski definition) is 3. The molecule has 3 heteroatoms. The minimum absolute atomic E-state index is 0.00968. The Morgan fingerprint density at radius 3 is 2.26 bits per heavy atom. The molecule has 0 atom stereocenters. The van der Waals surface area contributed by atoms with Gasteiger partial charge < -0.3 is 0 Å². The second-order valence-corrected chi connectivity index (χ2v) is 5.01. The lowest BCUT2D eigenvalue weighted by Crippen LogP contribution is -2.05. The molecule has 0 unspecified atom stereocenters. The van der Waals surface area contributed by atoms with Gasteiger partial charge in [0.05, 0.1) is 11.3 Å². The SMILES string of the molecule is CC(=O)c1cnc(Cc2cc(C)cc(C)c2)nc1C. The van der Waals surface area contributed by atoms with Crippen molar-refractivity contribution in [2.75, 3.05) is 0 Å². The van der Waals surface area contributed by atoms with E-state index in [-0.39, 0.29) is 5.78 Å². The van der Waals surface area contributed by atoms with Gasteiger partial charge in [-0.05, 0) is 33.3 Å². The van der Waals surface area contributed by atoms with Crippen LogP contribution in [0.2, 0.25) is 0 Å². The maximum Gasteiger partial charge on any atom is 0.163 e. The number of Topliss-reactive ketones (excluding diaryl/α,β-unsaturated/α-hetero) is 1. The normalized spacial score (nSPS) is 10.5. The molecular formula is C16H18N2O. The smallest absolute Gasteiger partial charge is 0.163 e. The van der Waals surface area contributed by atoms with Crippen molar-refractivity contribution in [1.82, 2.24) is 9.97 Å². The molecule has 3 nitrogen and oxygen atoms in total. The maximum absolute atomic E-state index is 11.3. The van der Waals surface area contributed by atoms with E-state index in [2.05, 4.69) is 42.0 Å². The van der Waals surface area contributed by atoms with Gasteiger partial charge in [0.25, 0.3) is 0 Å². The Bertz CT molecular complexity index is 612. The number of benzene rings is 1. The van der Waals surface area contributed by atoms with E-state index < -0.39 is 0 Å². The number of carbonyl (C=O) groups excluding carboxylic acids is 1. The zero-order valence-corrected chi connectivity index (χ0v) is 11.8. The summed E-state index contributed by atoms with van der Waals surface area (Å²) in [6, 6.07) is 6.43. The Balaban J connectivity index is 2.28. The van der Waals surface area contributed by atoms with E-state index in [1.165, 1.54) is 23.6 Å². The molecule has 0 saturated carbocycles. The predicted molar refractivity (Wildman–Crippen MR) is 75.5 cm³/mol. The average molecular weight is 254 g/mol. The molecule has 0 fully saturated rings. The first-order chi connectivity index (χ1) is 8.95. The molecule has 0 aliphatic carbocycles. The standard InChI is InChI=1S/C16H18N2O/c1-10-5-11(2)7-14(6-10)8-16-17-9-15(13(4)19)12(3)18-16/h5-7,9H,8H2,1-4H3. The number of carbonyl (C=O) groups is 1. The third-order valence-electron chi connectivity index (χ3n) is 3.05. The average Bonchev–Trinajstić information content (AvgIpc) is 2.26. The summed E-state index contributed by atoms with van der Waals surface area (Å²) in [7, 11) is 0. The van der Waals surface area contributed by atoms with E-state index in [1.54, 1.807) is 6.20 Å². The van der Waals surface area contributed by atoms with Crippen molar-refractivity contribution in [3.63, 3.8) is 0 Å². The summed E-state index contributed by atoms with van der Waals surface area (Å²) in [6.45, 7) is 7.56. The Labute approximate surface area is 113 Å². The fourth-order valence-electron chi connectivity index (χ4n) is 2.30. The van der Waals surface area contributed by atoms with Gasteiger partial charge in [-0.25, -0.2) is 9.97 Å². The Kier molecular flexibility index (Phi) is 3.74. The van der Waals surface area contributed by atoms with Crippen molar-refractivity contribution in [1.29, 1.82) is 0 Å². The first-order valence-electron chi connectivity index (χ1n) is 6.36. The molecule has 1 heterocycles. The highest BCUT2D eigenvalue weighted by molar-refractivity contribution is 5.94. The van der Waals surface area contributed by atoms with Crippen LogP contribution in [0, 0.1) is 20.8 Å². The predicted octanol–water partition coefficient (Wildman–Crippen LogP) is 3.20. The zero-order chi connectivity index (χ0) is 14.0. The highest BCUT2D eigenvalue weighted by Gasteiger charge is 2.08. The van der Waals surface area contributed by atoms with Crippen LogP contribution in [-0.2, 0) is 6.42 Å². The van der Waals surface area contributed by atoms with Crippen LogP contribution >= 0.6 is 0 Å². The molecule has 1 aromatic carbocycles. The molecular weight excluding hydrogens is 236 g/mol. The molecule has 1 aromatic heterocycles. The van der Waals surface area contributed by atoms with Crippen molar-refractivity contribution in [3.05, 3.63) is 58.2 Å². The molecule has 0 bridgehead atoms. The minimum Gasteiger partial charge on any atom is -0.294 e. The summed E-state index contributed by atoms with van der Waals surface area (Å²) < 4.78 is 0. The van der Waals surface area contributed by atoms with Crippen molar-refractivity contribution >= 4 is 5.78 Å². The van der Waals surface area contributed by atoms with E-state index >= 15 is 0 Å². The van der Waals surface area contributed by atoms with Gasteiger partial charge in [0.15, 0.2) is 5.78 Å². The van der Waals surface area contributed by atoms with Crippen LogP contribution in [0.5, 0.6) is 0 Å². The molecule has 0 aliphatic rings. The van der Waals surface area contributed by atoms with Crippen LogP contribution in [0.15, 0.2) is 24.4 Å². The summed E-state index contributed by atoms with van der Waals surface area (Å²) >= 11 is 0. The molecule has 2 rings (SSSR count). The van der Waals surface area contributed by atoms with E-state index in [0.29, 0.717) is 12.0 Å². The van der Waals surface area contributed by atoms with Crippen LogP contribution in [-0.4, -0.2) is 15.8 Å². The Hall–Kier alpha value is -2.03. The molecule has 0 aliphatic heterocycles. The molecule has 0 amide bonds. The lowest BCUT2D eigenvalue weighted by Gasteiger charge is -2.06. The molecule has 0 saturated heterocycles. The van der Waals surface area contributed by atoms with Gasteiger partial charge in [0.2, 0.25) is 0 Å². The molecule has 2 aromatic rings. The Morgan fingerprint density at radius 1 is 1.11 bits per heavy atom. The van der Waals surface area contributed by atoms with Gasteiger partial charge in [0.1, 0.15) is 5.82 Å². The van der Waals surface area contributed by atoms with E-state index in [9.17, 15) is 4.79 Å². The lowest BCUT2D eigenvalue weighted by molar-refractivity contribution is 0.101. The van der Waals surface area contributed by atoms with Gasteiger partial charge in [-0.1, -0.05) is 29.3 Å². The molecule has 19 heavy (non-hydrogen) atoms. The Morgan fingerprint density at radius 2 is 1.74 bits per heavy atom. The first-order valence-corrected chi connectivity index (χ1v) is 6.36. The van der Waals surface area contributed by atoms with Crippen LogP contribution in [0.25, 0.3) is 0 Å². The van der Waals surface area contributed by atoms with Crippen LogP contribution in [0.1, 0.15) is 45.5 Å². The van der Waals surface area contributed by atoms with E-state index in [0.717, 1.165) is 11.5 Å². The number of ketones is 1. The quantitative estimate of drug-likeness (QED) is 0.790. The van der Waals surface area contributed by atoms with Gasteiger partial charge in [-0.3, -0.25) is 4.79 Å². The topological polar surface area (TPSA) is 42.9 Å². The summed E-state index contributed by atoms with van der Waals surface area (Å²) in [5.74, 6) is 0.767. The third-order valence-corrected chi connectivity index (χ3v) is 3.05. The fraction of sp³-hybridized carbons (Fsp3) is 0.312. The van der Waals surface area contributed by atoms with Crippen molar-refractivity contribution in [2.24, 2.45) is 0 Å². The number of aryl methyl sites for hydroxylation is 3. The second kappa shape index (κ2) is 5.31. The maximum atomic E-state index is 11.3. The van der Waals surface area contributed by atoms with Crippen molar-refractivity contribution in [2.45, 2.75) is 34.1 Å². The summed E-state index contributed by atoms with van der Waals surface area (Å²) in [4.78, 5) is 20.0. The number of nitrogens with zero attached hydrogens (tertiary/aromatic N) is 2. The van der Waals surface area contributed by atoms with Gasteiger partial charge in [0, 0.05) is 12.6 Å². The van der Waals surface area contributed by atoms with Gasteiger partial charge >= 0.3 is 0 Å². The van der Waals surface area contributed by atoms with E-state index in [1.807, 2.05) is 6.92 Å². The van der Waals surface area contributed by atoms with E-state index in [4.69, 9.17) is 0 Å². The second-order valence-electron chi connectivity index (χ2n) is 5.01. The summed E-state index contributed by atoms with van der Waals surface area (Å²) in [5, 5.41) is 0. The zero-order valence-electron chi connectivity index (χ0n) is 11.8. The summed E-state index contributed by atoms with van der Waals surface area (Å²) in [5.41, 5.74) is 5.04. The highest BCUT2D eigenvalue weighted by Crippen LogP contribution is 2.13. The molecule has 0 N–H and O–H groups in total. The fourth-order valence-corrected chi connectivity index (χ4v) is 2.30. The third kappa shape index (κ3) is 3.25. The summed E-state index contributed by atoms with van der Waals surface area (Å²) in [6.07, 6.45) is 2.32. The first kappa shape index (κ1) is 13.4. The number of aromatic nitrogens is 2. The van der Waals surface area contributed by atoms with Crippen LogP contribution in [0.3, 0.4) is 0 Å². The van der Waals surface area contributed by atoms with Crippen molar-refractivity contribution in [3.8, 4) is 0 Å². The molecule has 98 valence electrons. The van der Waals surface area contributed by atoms with Gasteiger partial charge in [-0.15, -0.1) is 0 Å². The number of hydrogen-bond donors (Lipinski definition) is 0. The monoisotopic (exact) mass is 254 g/mol. The van der Waals surface area contributed by atoms with Gasteiger partial charge in [-0.2, -0.15) is 0 Å². The van der Waals surface area contributed by atoms with Crippen LogP contribution in [0.4, 0.5) is 0 Å². The van der Waals surface area contributed by atoms with Crippen LogP contribution < -0.4 is 0 Å². The molecule has 0 radical (unpaired) electrons. The lowest BCUT2D eigenvalue weighted by atomic mass is 10.0. The van der Waals surface area contributed by atoms with Crippen molar-refractivity contribution < 1.29 is 4.79 Å². The minimum atomic E-state index is 0.00968. The molecule has 0 spiro atoms.